The minimum atomic E-state index is -0.312. The molecule has 0 bridgehead atoms. The second kappa shape index (κ2) is 9.06. The van der Waals surface area contributed by atoms with Gasteiger partial charge < -0.3 is 10.1 Å². The summed E-state index contributed by atoms with van der Waals surface area (Å²) >= 11 is 6.02. The molecule has 0 saturated heterocycles. The molecule has 2 heterocycles. The van der Waals surface area contributed by atoms with E-state index in [2.05, 4.69) is 15.5 Å². The van der Waals surface area contributed by atoms with Crippen LogP contribution in [0.1, 0.15) is 27.2 Å². The highest BCUT2D eigenvalue weighted by Gasteiger charge is 2.12. The molecular weight excluding hydrogens is 414 g/mol. The summed E-state index contributed by atoms with van der Waals surface area (Å²) in [6.07, 6.45) is 5.07. The molecule has 0 unspecified atom stereocenters. The van der Waals surface area contributed by atoms with Gasteiger partial charge in [-0.25, -0.2) is 4.68 Å². The third-order valence-corrected chi connectivity index (χ3v) is 4.93. The number of rotatable bonds is 7. The van der Waals surface area contributed by atoms with Crippen LogP contribution >= 0.6 is 11.6 Å². The van der Waals surface area contributed by atoms with Gasteiger partial charge in [0.2, 0.25) is 0 Å². The van der Waals surface area contributed by atoms with Crippen LogP contribution < -0.4 is 10.1 Å². The number of aromatic nitrogens is 4. The van der Waals surface area contributed by atoms with Crippen LogP contribution in [0.4, 0.5) is 5.69 Å². The standard InChI is InChI=1S/C23H22ClN5O2/c1-16-6-7-17(2)22(10-16)31-15-28-9-8-21(27-28)23(30)26-20-12-25-29(14-20)13-18-4-3-5-19(24)11-18/h3-12,14H,13,15H2,1-2H3,(H,26,30). The summed E-state index contributed by atoms with van der Waals surface area (Å²) < 4.78 is 9.15. The van der Waals surface area contributed by atoms with Crippen LogP contribution in [-0.2, 0) is 13.3 Å². The predicted octanol–water partition coefficient (Wildman–Crippen LogP) is 4.69. The van der Waals surface area contributed by atoms with Gasteiger partial charge in [-0.2, -0.15) is 10.2 Å². The highest BCUT2D eigenvalue weighted by molar-refractivity contribution is 6.30. The number of carbonyl (C=O) groups is 1. The van der Waals surface area contributed by atoms with Gasteiger partial charge in [0.15, 0.2) is 12.4 Å². The van der Waals surface area contributed by atoms with E-state index >= 15 is 0 Å². The number of ether oxygens (including phenoxy) is 1. The maximum absolute atomic E-state index is 12.5. The fourth-order valence-corrected chi connectivity index (χ4v) is 3.30. The van der Waals surface area contributed by atoms with Crippen molar-refractivity contribution in [2.24, 2.45) is 0 Å². The number of carbonyl (C=O) groups excluding carboxylic acids is 1. The smallest absolute Gasteiger partial charge is 0.276 e. The molecule has 0 fully saturated rings. The number of nitrogens with zero attached hydrogens (tertiary/aromatic N) is 4. The minimum absolute atomic E-state index is 0.217. The first kappa shape index (κ1) is 20.7. The molecule has 7 nitrogen and oxygen atoms in total. The van der Waals surface area contributed by atoms with Crippen LogP contribution in [0.25, 0.3) is 0 Å². The summed E-state index contributed by atoms with van der Waals surface area (Å²) in [6, 6.07) is 15.3. The number of amides is 1. The van der Waals surface area contributed by atoms with Crippen LogP contribution in [0, 0.1) is 13.8 Å². The second-order valence-corrected chi connectivity index (χ2v) is 7.73. The first-order valence-corrected chi connectivity index (χ1v) is 10.2. The first-order chi connectivity index (χ1) is 15.0. The van der Waals surface area contributed by atoms with E-state index in [0.29, 0.717) is 22.9 Å². The predicted molar refractivity (Wildman–Crippen MR) is 120 cm³/mol. The number of hydrogen-bond acceptors (Lipinski definition) is 4. The lowest BCUT2D eigenvalue weighted by atomic mass is 10.1. The van der Waals surface area contributed by atoms with Crippen LogP contribution in [0.15, 0.2) is 67.1 Å². The second-order valence-electron chi connectivity index (χ2n) is 7.29. The Hall–Kier alpha value is -3.58. The van der Waals surface area contributed by atoms with Crippen molar-refractivity contribution < 1.29 is 9.53 Å². The molecule has 2 aromatic carbocycles. The highest BCUT2D eigenvalue weighted by atomic mass is 35.5. The molecule has 0 radical (unpaired) electrons. The Morgan fingerprint density at radius 1 is 1.13 bits per heavy atom. The van der Waals surface area contributed by atoms with Crippen molar-refractivity contribution in [2.75, 3.05) is 5.32 Å². The van der Waals surface area contributed by atoms with Gasteiger partial charge in [0.25, 0.3) is 5.91 Å². The van der Waals surface area contributed by atoms with Gasteiger partial charge in [0.1, 0.15) is 5.75 Å². The lowest BCUT2D eigenvalue weighted by molar-refractivity contribution is 0.102. The Labute approximate surface area is 185 Å². The third-order valence-electron chi connectivity index (χ3n) is 4.69. The van der Waals surface area contributed by atoms with Crippen molar-refractivity contribution >= 4 is 23.2 Å². The van der Waals surface area contributed by atoms with Crippen molar-refractivity contribution in [2.45, 2.75) is 27.1 Å². The maximum Gasteiger partial charge on any atom is 0.276 e. The van der Waals surface area contributed by atoms with E-state index in [-0.39, 0.29) is 12.6 Å². The Kier molecular flexibility index (Phi) is 6.04. The van der Waals surface area contributed by atoms with Crippen molar-refractivity contribution in [3.63, 3.8) is 0 Å². The van der Waals surface area contributed by atoms with E-state index in [1.807, 2.05) is 56.3 Å². The summed E-state index contributed by atoms with van der Waals surface area (Å²) in [5.74, 6) is 0.487. The zero-order valence-electron chi connectivity index (χ0n) is 17.2. The fraction of sp³-hybridized carbons (Fsp3) is 0.174. The monoisotopic (exact) mass is 435 g/mol. The largest absolute Gasteiger partial charge is 0.471 e. The van der Waals surface area contributed by atoms with E-state index in [4.69, 9.17) is 16.3 Å². The summed E-state index contributed by atoms with van der Waals surface area (Å²) in [4.78, 5) is 12.5. The van der Waals surface area contributed by atoms with Gasteiger partial charge in [0, 0.05) is 17.4 Å². The Bertz CT molecular complexity index is 1210. The van der Waals surface area contributed by atoms with Crippen LogP contribution in [0.3, 0.4) is 0 Å². The molecule has 1 N–H and O–H groups in total. The number of nitrogens with one attached hydrogen (secondary N) is 1. The van der Waals surface area contributed by atoms with Crippen LogP contribution in [0.2, 0.25) is 5.02 Å². The van der Waals surface area contributed by atoms with E-state index in [1.165, 1.54) is 0 Å². The molecule has 4 aromatic rings. The number of aryl methyl sites for hydroxylation is 2. The summed E-state index contributed by atoms with van der Waals surface area (Å²) in [7, 11) is 0. The van der Waals surface area contributed by atoms with Gasteiger partial charge >= 0.3 is 0 Å². The SMILES string of the molecule is Cc1ccc(C)c(OCn2ccc(C(=O)Nc3cnn(Cc4cccc(Cl)c4)c3)n2)c1. The summed E-state index contributed by atoms with van der Waals surface area (Å²) in [5.41, 5.74) is 4.08. The molecule has 0 aliphatic carbocycles. The van der Waals surface area contributed by atoms with Crippen molar-refractivity contribution in [1.82, 2.24) is 19.6 Å². The quantitative estimate of drug-likeness (QED) is 0.457. The average Bonchev–Trinajstić information content (AvgIpc) is 3.38. The summed E-state index contributed by atoms with van der Waals surface area (Å²) in [6.45, 7) is 4.78. The molecule has 31 heavy (non-hydrogen) atoms. The zero-order chi connectivity index (χ0) is 21.8. The number of halogens is 1. The van der Waals surface area contributed by atoms with Gasteiger partial charge in [-0.1, -0.05) is 35.9 Å². The highest BCUT2D eigenvalue weighted by Crippen LogP contribution is 2.19. The maximum atomic E-state index is 12.5. The normalized spacial score (nSPS) is 10.8. The molecule has 158 valence electrons. The van der Waals surface area contributed by atoms with Crippen molar-refractivity contribution in [3.8, 4) is 5.75 Å². The van der Waals surface area contributed by atoms with E-state index in [1.54, 1.807) is 34.0 Å². The Morgan fingerprint density at radius 3 is 2.84 bits per heavy atom. The molecule has 2 aromatic heterocycles. The molecular formula is C23H22ClN5O2. The lowest BCUT2D eigenvalue weighted by Crippen LogP contribution is -2.14. The topological polar surface area (TPSA) is 74.0 Å². The molecule has 0 aliphatic heterocycles. The number of hydrogen-bond donors (Lipinski definition) is 1. The van der Waals surface area contributed by atoms with Crippen LogP contribution in [-0.4, -0.2) is 25.5 Å². The Morgan fingerprint density at radius 2 is 2.00 bits per heavy atom. The Balaban J connectivity index is 1.35. The summed E-state index contributed by atoms with van der Waals surface area (Å²) in [5, 5.41) is 12.1. The van der Waals surface area contributed by atoms with Gasteiger partial charge in [-0.3, -0.25) is 9.48 Å². The first-order valence-electron chi connectivity index (χ1n) is 9.78. The van der Waals surface area contributed by atoms with Crippen molar-refractivity contribution in [1.29, 1.82) is 0 Å². The lowest BCUT2D eigenvalue weighted by Gasteiger charge is -2.09. The van der Waals surface area contributed by atoms with E-state index < -0.39 is 0 Å². The third kappa shape index (κ3) is 5.32. The van der Waals surface area contributed by atoms with E-state index in [0.717, 1.165) is 22.4 Å². The average molecular weight is 436 g/mol. The van der Waals surface area contributed by atoms with Crippen LogP contribution in [0.5, 0.6) is 5.75 Å². The zero-order valence-corrected chi connectivity index (χ0v) is 18.0. The van der Waals surface area contributed by atoms with E-state index in [9.17, 15) is 4.79 Å². The molecule has 0 aliphatic rings. The number of benzene rings is 2. The van der Waals surface area contributed by atoms with Gasteiger partial charge in [-0.15, -0.1) is 0 Å². The minimum Gasteiger partial charge on any atom is -0.471 e. The molecule has 0 spiro atoms. The molecule has 4 rings (SSSR count). The van der Waals surface area contributed by atoms with Crippen molar-refractivity contribution in [3.05, 3.63) is 94.5 Å². The van der Waals surface area contributed by atoms with Gasteiger partial charge in [-0.05, 0) is 54.8 Å². The molecule has 0 atom stereocenters. The number of anilines is 1. The molecule has 8 heteroatoms. The fourth-order valence-electron chi connectivity index (χ4n) is 3.09. The molecule has 1 amide bonds. The van der Waals surface area contributed by atoms with Gasteiger partial charge in [0.05, 0.1) is 18.4 Å². The molecule has 0 saturated carbocycles.